The highest BCUT2D eigenvalue weighted by molar-refractivity contribution is 8.00. The molecule has 0 bridgehead atoms. The predicted molar refractivity (Wildman–Crippen MR) is 64.3 cm³/mol. The van der Waals surface area contributed by atoms with Gasteiger partial charge in [-0.05, 0) is 31.9 Å². The highest BCUT2D eigenvalue weighted by atomic mass is 32.2. The lowest BCUT2D eigenvalue weighted by Gasteiger charge is -2.19. The minimum atomic E-state index is 0.209. The zero-order valence-corrected chi connectivity index (χ0v) is 9.85. The van der Waals surface area contributed by atoms with Crippen LogP contribution < -0.4 is 0 Å². The Kier molecular flexibility index (Phi) is 3.47. The molecule has 0 aliphatic heterocycles. The van der Waals surface area contributed by atoms with Crippen molar-refractivity contribution in [2.45, 2.75) is 42.8 Å². The first-order valence-corrected chi connectivity index (χ1v) is 6.40. The molecule has 15 heavy (non-hydrogen) atoms. The zero-order valence-electron chi connectivity index (χ0n) is 9.03. The fourth-order valence-corrected chi connectivity index (χ4v) is 3.20. The van der Waals surface area contributed by atoms with Gasteiger partial charge in [-0.2, -0.15) is 0 Å². The van der Waals surface area contributed by atoms with E-state index in [1.54, 1.807) is 11.8 Å². The van der Waals surface area contributed by atoms with E-state index in [1.165, 1.54) is 16.9 Å². The van der Waals surface area contributed by atoms with Crippen LogP contribution in [0.5, 0.6) is 0 Å². The Morgan fingerprint density at radius 1 is 1.33 bits per heavy atom. The third kappa shape index (κ3) is 2.85. The third-order valence-corrected chi connectivity index (χ3v) is 4.08. The zero-order chi connectivity index (χ0) is 10.7. The van der Waals surface area contributed by atoms with E-state index in [-0.39, 0.29) is 5.25 Å². The predicted octanol–water partition coefficient (Wildman–Crippen LogP) is 3.60. The van der Waals surface area contributed by atoms with Gasteiger partial charge in [0, 0.05) is 11.3 Å². The summed E-state index contributed by atoms with van der Waals surface area (Å²) in [6.45, 7) is 2.09. The van der Waals surface area contributed by atoms with Gasteiger partial charge in [0.25, 0.3) is 0 Å². The van der Waals surface area contributed by atoms with Crippen LogP contribution in [-0.2, 0) is 4.79 Å². The number of carbonyl (C=O) groups excluding carboxylic acids is 1. The maximum Gasteiger partial charge on any atom is 0.146 e. The first-order chi connectivity index (χ1) is 7.25. The fourth-order valence-electron chi connectivity index (χ4n) is 1.93. The topological polar surface area (TPSA) is 17.1 Å². The molecule has 2 heteroatoms. The average Bonchev–Trinajstić information content (AvgIpc) is 2.22. The molecule has 1 unspecified atom stereocenters. The van der Waals surface area contributed by atoms with E-state index in [9.17, 15) is 4.79 Å². The van der Waals surface area contributed by atoms with Crippen LogP contribution in [-0.4, -0.2) is 11.0 Å². The molecule has 0 N–H and O–H groups in total. The van der Waals surface area contributed by atoms with Crippen molar-refractivity contribution in [3.8, 4) is 0 Å². The lowest BCUT2D eigenvalue weighted by Crippen LogP contribution is -2.21. The van der Waals surface area contributed by atoms with Crippen molar-refractivity contribution in [2.24, 2.45) is 0 Å². The van der Waals surface area contributed by atoms with Gasteiger partial charge >= 0.3 is 0 Å². The number of thioether (sulfide) groups is 1. The molecular weight excluding hydrogens is 204 g/mol. The van der Waals surface area contributed by atoms with E-state index in [1.807, 2.05) is 0 Å². The van der Waals surface area contributed by atoms with E-state index < -0.39 is 0 Å². The summed E-state index contributed by atoms with van der Waals surface area (Å²) in [5, 5.41) is 0.209. The van der Waals surface area contributed by atoms with Crippen molar-refractivity contribution in [1.82, 2.24) is 0 Å². The first-order valence-electron chi connectivity index (χ1n) is 5.52. The minimum Gasteiger partial charge on any atom is -0.298 e. The Hall–Kier alpha value is -0.760. The minimum absolute atomic E-state index is 0.209. The summed E-state index contributed by atoms with van der Waals surface area (Å²) >= 11 is 1.74. The first kappa shape index (κ1) is 10.7. The normalized spacial score (nSPS) is 21.7. The quantitative estimate of drug-likeness (QED) is 0.757. The Balaban J connectivity index is 2.04. The van der Waals surface area contributed by atoms with Crippen LogP contribution in [0.15, 0.2) is 29.2 Å². The van der Waals surface area contributed by atoms with E-state index in [4.69, 9.17) is 0 Å². The second-order valence-electron chi connectivity index (χ2n) is 4.14. The lowest BCUT2D eigenvalue weighted by molar-refractivity contribution is -0.119. The van der Waals surface area contributed by atoms with E-state index in [0.717, 1.165) is 19.3 Å². The van der Waals surface area contributed by atoms with Gasteiger partial charge in [0.1, 0.15) is 5.78 Å². The molecule has 1 saturated carbocycles. The van der Waals surface area contributed by atoms with Gasteiger partial charge in [0.15, 0.2) is 0 Å². The van der Waals surface area contributed by atoms with Gasteiger partial charge in [0.2, 0.25) is 0 Å². The van der Waals surface area contributed by atoms with Crippen molar-refractivity contribution in [3.63, 3.8) is 0 Å². The number of hydrogen-bond donors (Lipinski definition) is 0. The van der Waals surface area contributed by atoms with Gasteiger partial charge in [0.05, 0.1) is 5.25 Å². The third-order valence-electron chi connectivity index (χ3n) is 2.77. The van der Waals surface area contributed by atoms with Crippen LogP contribution in [0, 0.1) is 6.92 Å². The Bertz CT molecular complexity index is 359. The summed E-state index contributed by atoms with van der Waals surface area (Å²) in [4.78, 5) is 12.9. The largest absolute Gasteiger partial charge is 0.298 e. The van der Waals surface area contributed by atoms with Crippen molar-refractivity contribution in [3.05, 3.63) is 29.8 Å². The number of Topliss-reactive ketones (excluding diaryl/α,β-unsaturated/α-hetero) is 1. The summed E-state index contributed by atoms with van der Waals surface area (Å²) in [6.07, 6.45) is 4.12. The van der Waals surface area contributed by atoms with Gasteiger partial charge in [-0.1, -0.05) is 24.1 Å². The molecule has 1 atom stereocenters. The molecule has 1 fully saturated rings. The van der Waals surface area contributed by atoms with E-state index in [2.05, 4.69) is 31.2 Å². The van der Waals surface area contributed by atoms with Gasteiger partial charge < -0.3 is 0 Å². The van der Waals surface area contributed by atoms with E-state index >= 15 is 0 Å². The molecule has 2 rings (SSSR count). The van der Waals surface area contributed by atoms with Crippen LogP contribution in [0.25, 0.3) is 0 Å². The molecule has 1 aliphatic rings. The summed E-state index contributed by atoms with van der Waals surface area (Å²) < 4.78 is 0. The molecule has 1 aromatic rings. The molecule has 0 aromatic heterocycles. The Morgan fingerprint density at radius 3 is 2.93 bits per heavy atom. The van der Waals surface area contributed by atoms with Crippen molar-refractivity contribution in [2.75, 3.05) is 0 Å². The molecule has 1 aromatic carbocycles. The number of carbonyl (C=O) groups is 1. The molecule has 0 saturated heterocycles. The van der Waals surface area contributed by atoms with Crippen LogP contribution in [0.1, 0.15) is 31.2 Å². The van der Waals surface area contributed by atoms with Gasteiger partial charge in [-0.25, -0.2) is 0 Å². The standard InChI is InChI=1S/C13H16OS/c1-10-5-4-6-11(9-10)15-13-8-3-2-7-12(13)14/h4-6,9,13H,2-3,7-8H2,1H3. The van der Waals surface area contributed by atoms with Crippen LogP contribution in [0.2, 0.25) is 0 Å². The second-order valence-corrected chi connectivity index (χ2v) is 5.41. The SMILES string of the molecule is Cc1cccc(SC2CCCCC2=O)c1. The van der Waals surface area contributed by atoms with Crippen molar-refractivity contribution < 1.29 is 4.79 Å². The second kappa shape index (κ2) is 4.84. The van der Waals surface area contributed by atoms with Crippen LogP contribution in [0.3, 0.4) is 0 Å². The van der Waals surface area contributed by atoms with Gasteiger partial charge in [-0.3, -0.25) is 4.79 Å². The molecule has 0 radical (unpaired) electrons. The average molecular weight is 220 g/mol. The number of aryl methyl sites for hydroxylation is 1. The Labute approximate surface area is 95.3 Å². The molecule has 0 amide bonds. The summed E-state index contributed by atoms with van der Waals surface area (Å²) in [5.41, 5.74) is 1.27. The molecule has 1 nitrogen and oxygen atoms in total. The molecule has 0 spiro atoms. The maximum absolute atomic E-state index is 11.7. The summed E-state index contributed by atoms with van der Waals surface area (Å²) in [6, 6.07) is 8.41. The monoisotopic (exact) mass is 220 g/mol. The maximum atomic E-state index is 11.7. The number of rotatable bonds is 2. The van der Waals surface area contributed by atoms with Crippen molar-refractivity contribution >= 4 is 17.5 Å². The van der Waals surface area contributed by atoms with Crippen LogP contribution >= 0.6 is 11.8 Å². The number of ketones is 1. The molecule has 80 valence electrons. The molecular formula is C13H16OS. The van der Waals surface area contributed by atoms with Gasteiger partial charge in [-0.15, -0.1) is 11.8 Å². The van der Waals surface area contributed by atoms with E-state index in [0.29, 0.717) is 5.78 Å². The number of benzene rings is 1. The van der Waals surface area contributed by atoms with Crippen molar-refractivity contribution in [1.29, 1.82) is 0 Å². The lowest BCUT2D eigenvalue weighted by atomic mass is 9.99. The highest BCUT2D eigenvalue weighted by Gasteiger charge is 2.22. The highest BCUT2D eigenvalue weighted by Crippen LogP contribution is 2.31. The molecule has 1 aliphatic carbocycles. The Morgan fingerprint density at radius 2 is 2.20 bits per heavy atom. The summed E-state index contributed by atoms with van der Waals surface area (Å²) in [5.74, 6) is 0.438. The fraction of sp³-hybridized carbons (Fsp3) is 0.462. The number of hydrogen-bond acceptors (Lipinski definition) is 2. The summed E-state index contributed by atoms with van der Waals surface area (Å²) in [7, 11) is 0. The molecule has 0 heterocycles. The van der Waals surface area contributed by atoms with Crippen LogP contribution in [0.4, 0.5) is 0 Å². The smallest absolute Gasteiger partial charge is 0.146 e.